The van der Waals surface area contributed by atoms with Crippen molar-refractivity contribution >= 4 is 70.0 Å². The first-order valence-electron chi connectivity index (χ1n) is 33.5. The van der Waals surface area contributed by atoms with Crippen molar-refractivity contribution in [2.24, 2.45) is 0 Å². The molecule has 12 aliphatic heterocycles. The minimum absolute atomic E-state index is 0.0236. The number of carbonyl (C=O) groups is 8. The first-order chi connectivity index (χ1) is 45.7. The van der Waals surface area contributed by atoms with Crippen LogP contribution in [-0.4, -0.2) is 110 Å². The Morgan fingerprint density at radius 3 is 1.27 bits per heavy atom. The highest BCUT2D eigenvalue weighted by atomic mass is 16.7. The number of hydrogen-bond donors (Lipinski definition) is 0. The minimum Gasteiger partial charge on any atom is -0.545 e. The first kappa shape index (κ1) is 57.9. The number of imide groups is 2. The van der Waals surface area contributed by atoms with Crippen LogP contribution < -0.4 is 59.8 Å². The number of amides is 4. The van der Waals surface area contributed by atoms with Crippen LogP contribution in [0.4, 0.5) is 11.4 Å². The third-order valence-corrected chi connectivity index (χ3v) is 21.2. The van der Waals surface area contributed by atoms with Gasteiger partial charge in [-0.1, -0.05) is 12.1 Å². The standard InChI is InChI=1S/2C37H33N3O7/c41-29-11-12-30(42)40(29)47-37(45)22-9-10-23(36(43)44)26(19-22)31-27-17-20-5-1-13-38-15-3-7-24(32(20)38)34(27)46-35-25-8-4-16-39-14-2-6-21(33(25)39)18-28(31)35;41-29-11-12-30(42)40(29)47-37(45)22-9-10-23(26(19-22)36(43)44)31-27-17-20-5-1-13-38-15-3-7-24(32(20)38)34(27)46-35-25-8-4-16-39-14-2-6-21(33(25)39)18-28(31)35/h2*9-10,17-19H,1-8,11-16H2. The van der Waals surface area contributed by atoms with E-state index in [0.717, 1.165) is 216 Å². The number of rotatable bonds is 8. The predicted molar refractivity (Wildman–Crippen MR) is 335 cm³/mol. The van der Waals surface area contributed by atoms with Gasteiger partial charge in [0.1, 0.15) is 49.2 Å². The zero-order chi connectivity index (χ0) is 63.9. The van der Waals surface area contributed by atoms with Gasteiger partial charge in [-0.2, -0.15) is 0 Å². The summed E-state index contributed by atoms with van der Waals surface area (Å²) in [6.07, 6.45) is 15.2. The van der Waals surface area contributed by atoms with Crippen molar-refractivity contribution in [3.05, 3.63) is 171 Å². The lowest BCUT2D eigenvalue weighted by Crippen LogP contribution is -2.45. The molecule has 0 atom stereocenters. The molecule has 12 aliphatic rings. The average Bonchev–Trinajstić information content (AvgIpc) is 0.866. The summed E-state index contributed by atoms with van der Waals surface area (Å²) < 4.78 is 19.0. The van der Waals surface area contributed by atoms with Crippen molar-refractivity contribution in [1.29, 1.82) is 0 Å². The van der Waals surface area contributed by atoms with Crippen molar-refractivity contribution < 1.29 is 67.7 Å². The van der Waals surface area contributed by atoms with Crippen LogP contribution in [0.15, 0.2) is 60.7 Å². The van der Waals surface area contributed by atoms with E-state index in [0.29, 0.717) is 26.8 Å². The maximum atomic E-state index is 13.4. The number of benzene rings is 6. The fraction of sp³-hybridized carbons (Fsp3) is 0.378. The van der Waals surface area contributed by atoms with E-state index in [-0.39, 0.29) is 47.9 Å². The average molecular weight is 1260 g/mol. The number of hydrogen-bond acceptors (Lipinski definition) is 16. The molecular formula is C74H66N6O14. The molecule has 12 heterocycles. The van der Waals surface area contributed by atoms with E-state index < -0.39 is 47.5 Å². The van der Waals surface area contributed by atoms with Gasteiger partial charge in [-0.15, -0.1) is 10.1 Å². The van der Waals surface area contributed by atoms with Crippen LogP contribution in [0.1, 0.15) is 185 Å². The smallest absolute Gasteiger partial charge is 0.363 e. The highest BCUT2D eigenvalue weighted by Gasteiger charge is 2.41. The molecular weight excluding hydrogens is 1200 g/mol. The summed E-state index contributed by atoms with van der Waals surface area (Å²) in [7, 11) is 0. The Labute approximate surface area is 539 Å². The molecule has 0 bridgehead atoms. The Bertz CT molecular complexity index is 4790. The number of hydroxylamine groups is 4. The number of fused-ring (bicyclic) bond motifs is 8. The van der Waals surface area contributed by atoms with Crippen molar-refractivity contribution in [1.82, 2.24) is 19.3 Å². The van der Waals surface area contributed by atoms with Crippen LogP contribution in [0.2, 0.25) is 0 Å². The Kier molecular flexibility index (Phi) is 13.8. The third kappa shape index (κ3) is 9.19. The lowest BCUT2D eigenvalue weighted by molar-refractivity contribution is -0.256. The molecule has 94 heavy (non-hydrogen) atoms. The Morgan fingerprint density at radius 2 is 0.798 bits per heavy atom. The third-order valence-electron chi connectivity index (χ3n) is 21.2. The highest BCUT2D eigenvalue weighted by Crippen LogP contribution is 2.51. The van der Waals surface area contributed by atoms with Crippen LogP contribution >= 0.6 is 0 Å². The van der Waals surface area contributed by atoms with E-state index in [1.165, 1.54) is 85.8 Å². The van der Waals surface area contributed by atoms with Gasteiger partial charge in [0.25, 0.3) is 23.6 Å². The van der Waals surface area contributed by atoms with Crippen LogP contribution in [-0.2, 0) is 80.2 Å². The molecule has 0 N–H and O–H groups in total. The molecule has 6 aromatic rings. The number of carbonyl (C=O) groups excluding carboxylic acids is 8. The SMILES string of the molecule is O=C(ON1C(=O)CCC1=O)c1ccc(C(=O)[O-])c(C2=c3cc4c5c(c3Oc3c2cc2c6c3CCCN6CCC2)CCC[N+]=5CCC4)c1.O=C(ON1C(=O)CCC1=O)c1ccc(C2=c3cc4c5c(c3Oc3c2cc2c6c3CCCN6CCC2)CCC[N+]=5CCC4)c(C(=O)[O-])c1. The number of ether oxygens (including phenoxy) is 2. The predicted octanol–water partition coefficient (Wildman–Crippen LogP) is 3.41. The van der Waals surface area contributed by atoms with Crippen LogP contribution in [0, 0.1) is 0 Å². The zero-order valence-electron chi connectivity index (χ0n) is 52.0. The molecule has 0 spiro atoms. The lowest BCUT2D eigenvalue weighted by atomic mass is 9.81. The second kappa shape index (κ2) is 22.4. The van der Waals surface area contributed by atoms with Crippen LogP contribution in [0.25, 0.3) is 11.1 Å². The molecule has 0 unspecified atom stereocenters. The van der Waals surface area contributed by atoms with Crippen molar-refractivity contribution in [3.8, 4) is 23.0 Å². The van der Waals surface area contributed by atoms with Gasteiger partial charge in [-0.3, -0.25) is 19.2 Å². The van der Waals surface area contributed by atoms with Gasteiger partial charge in [-0.05, 0) is 148 Å². The van der Waals surface area contributed by atoms with Crippen molar-refractivity contribution in [3.63, 3.8) is 0 Å². The second-order valence-electron chi connectivity index (χ2n) is 26.7. The fourth-order valence-corrected chi connectivity index (χ4v) is 17.3. The molecule has 0 aromatic heterocycles. The molecule has 20 heteroatoms. The van der Waals surface area contributed by atoms with E-state index >= 15 is 0 Å². The quantitative estimate of drug-likeness (QED) is 0.157. The number of aryl methyl sites for hydroxylation is 4. The van der Waals surface area contributed by atoms with E-state index in [2.05, 4.69) is 43.2 Å². The fourth-order valence-electron chi connectivity index (χ4n) is 17.3. The Balaban J connectivity index is 0.000000143. The van der Waals surface area contributed by atoms with Gasteiger partial charge in [0.15, 0.2) is 0 Å². The maximum Gasteiger partial charge on any atom is 0.363 e. The number of nitrogens with zero attached hydrogens (tertiary/aromatic N) is 6. The van der Waals surface area contributed by atoms with Crippen molar-refractivity contribution in [2.75, 3.05) is 62.2 Å². The summed E-state index contributed by atoms with van der Waals surface area (Å²) in [6.45, 7) is 8.06. The van der Waals surface area contributed by atoms with Crippen molar-refractivity contribution in [2.45, 2.75) is 128 Å². The molecule has 2 fully saturated rings. The van der Waals surface area contributed by atoms with Gasteiger partial charge in [0.2, 0.25) is 10.7 Å². The van der Waals surface area contributed by atoms with Gasteiger partial charge < -0.3 is 48.8 Å². The Hall–Kier alpha value is -9.98. The largest absolute Gasteiger partial charge is 0.545 e. The number of carboxylic acids is 2. The number of carboxylic acid groups (broad SMARTS) is 2. The van der Waals surface area contributed by atoms with Gasteiger partial charge >= 0.3 is 11.9 Å². The zero-order valence-corrected chi connectivity index (χ0v) is 52.0. The minimum atomic E-state index is -1.44. The molecule has 18 rings (SSSR count). The second-order valence-corrected chi connectivity index (χ2v) is 26.7. The molecule has 0 saturated carbocycles. The van der Waals surface area contributed by atoms with Crippen LogP contribution in [0.5, 0.6) is 23.0 Å². The van der Waals surface area contributed by atoms with Gasteiger partial charge in [0.05, 0.1) is 34.2 Å². The maximum absolute atomic E-state index is 13.4. The molecule has 20 nitrogen and oxygen atoms in total. The number of aromatic carboxylic acids is 2. The monoisotopic (exact) mass is 1260 g/mol. The topological polar surface area (TPSA) is 239 Å². The van der Waals surface area contributed by atoms with E-state index in [1.54, 1.807) is 6.07 Å². The van der Waals surface area contributed by atoms with E-state index in [1.807, 2.05) is 0 Å². The summed E-state index contributed by atoms with van der Waals surface area (Å²) in [5, 5.41) is 30.8. The first-order valence-corrected chi connectivity index (χ1v) is 33.5. The summed E-state index contributed by atoms with van der Waals surface area (Å²) in [5.41, 5.74) is 15.6. The van der Waals surface area contributed by atoms with Gasteiger partial charge in [0, 0.05) is 155 Å². The lowest BCUT2D eigenvalue weighted by Gasteiger charge is -2.39. The van der Waals surface area contributed by atoms with Crippen LogP contribution in [0.3, 0.4) is 0 Å². The van der Waals surface area contributed by atoms with E-state index in [9.17, 15) is 48.6 Å². The highest BCUT2D eigenvalue weighted by molar-refractivity contribution is 6.06. The molecule has 476 valence electrons. The Morgan fingerprint density at radius 1 is 0.394 bits per heavy atom. The molecule has 6 aromatic carbocycles. The number of anilines is 2. The molecule has 2 saturated heterocycles. The summed E-state index contributed by atoms with van der Waals surface area (Å²) in [6, 6.07) is 17.2. The van der Waals surface area contributed by atoms with E-state index in [4.69, 9.17) is 19.1 Å². The van der Waals surface area contributed by atoms with Gasteiger partial charge in [-0.25, -0.2) is 18.7 Å². The molecule has 0 aliphatic carbocycles. The summed E-state index contributed by atoms with van der Waals surface area (Å²) in [5.74, 6) is -4.01. The molecule has 0 radical (unpaired) electrons. The summed E-state index contributed by atoms with van der Waals surface area (Å²) >= 11 is 0. The summed E-state index contributed by atoms with van der Waals surface area (Å²) in [4.78, 5) is 116. The molecule has 4 amide bonds. The normalized spacial score (nSPS) is 19.1.